The molecule has 0 atom stereocenters. The molecule has 28 heavy (non-hydrogen) atoms. The molecule has 0 radical (unpaired) electrons. The summed E-state index contributed by atoms with van der Waals surface area (Å²) in [5.41, 5.74) is 4.95. The van der Waals surface area contributed by atoms with E-state index in [1.54, 1.807) is 6.20 Å². The summed E-state index contributed by atoms with van der Waals surface area (Å²) in [6.45, 7) is 1.90. The van der Waals surface area contributed by atoms with Gasteiger partial charge in [-0.25, -0.2) is 9.97 Å². The first-order valence-electron chi connectivity index (χ1n) is 8.71. The molecule has 4 aromatic heterocycles. The highest BCUT2D eigenvalue weighted by atomic mass is 32.1. The number of pyridine rings is 1. The number of nitrogens with one attached hydrogen (secondary N) is 1. The van der Waals surface area contributed by atoms with Crippen LogP contribution in [0.3, 0.4) is 0 Å². The highest BCUT2D eigenvalue weighted by molar-refractivity contribution is 7.13. The number of benzene rings is 1. The quantitative estimate of drug-likeness (QED) is 0.508. The van der Waals surface area contributed by atoms with Crippen molar-refractivity contribution >= 4 is 38.9 Å². The fourth-order valence-corrected chi connectivity index (χ4v) is 4.04. The first-order chi connectivity index (χ1) is 13.6. The van der Waals surface area contributed by atoms with E-state index in [1.807, 2.05) is 71.3 Å². The number of carbonyl (C=O) groups is 1. The summed E-state index contributed by atoms with van der Waals surface area (Å²) in [4.78, 5) is 21.6. The predicted molar refractivity (Wildman–Crippen MR) is 110 cm³/mol. The van der Waals surface area contributed by atoms with Crippen molar-refractivity contribution in [2.24, 2.45) is 7.05 Å². The van der Waals surface area contributed by atoms with Crippen molar-refractivity contribution in [1.29, 1.82) is 0 Å². The maximum absolute atomic E-state index is 13.0. The monoisotopic (exact) mass is 388 g/mol. The Morgan fingerprint density at radius 3 is 3.00 bits per heavy atom. The van der Waals surface area contributed by atoms with Gasteiger partial charge in [0.05, 0.1) is 23.0 Å². The van der Waals surface area contributed by atoms with Crippen LogP contribution >= 0.6 is 11.3 Å². The van der Waals surface area contributed by atoms with Gasteiger partial charge in [-0.05, 0) is 30.2 Å². The lowest BCUT2D eigenvalue weighted by Crippen LogP contribution is -2.13. The minimum atomic E-state index is -0.231. The lowest BCUT2D eigenvalue weighted by molar-refractivity contribution is 0.102. The molecule has 5 rings (SSSR count). The third-order valence-electron chi connectivity index (χ3n) is 4.67. The fourth-order valence-electron chi connectivity index (χ4n) is 3.35. The first-order valence-corrected chi connectivity index (χ1v) is 9.59. The van der Waals surface area contributed by atoms with Crippen LogP contribution in [0, 0.1) is 6.92 Å². The molecule has 138 valence electrons. The molecule has 1 N–H and O–H groups in total. The van der Waals surface area contributed by atoms with Gasteiger partial charge in [0.15, 0.2) is 5.13 Å². The van der Waals surface area contributed by atoms with Gasteiger partial charge in [-0.1, -0.05) is 12.1 Å². The fraction of sp³-hybridized carbons (Fsp3) is 0.100. The van der Waals surface area contributed by atoms with Crippen molar-refractivity contribution in [2.45, 2.75) is 6.92 Å². The van der Waals surface area contributed by atoms with E-state index in [0.29, 0.717) is 16.3 Å². The summed E-state index contributed by atoms with van der Waals surface area (Å²) in [7, 11) is 1.92. The van der Waals surface area contributed by atoms with Gasteiger partial charge in [0, 0.05) is 36.4 Å². The number of rotatable bonds is 3. The van der Waals surface area contributed by atoms with E-state index in [0.717, 1.165) is 27.7 Å². The average molecular weight is 388 g/mol. The van der Waals surface area contributed by atoms with E-state index in [9.17, 15) is 4.79 Å². The third kappa shape index (κ3) is 2.66. The summed E-state index contributed by atoms with van der Waals surface area (Å²) in [5.74, 6) is -0.231. The molecule has 0 saturated carbocycles. The highest BCUT2D eigenvalue weighted by Gasteiger charge is 2.17. The minimum absolute atomic E-state index is 0.231. The van der Waals surface area contributed by atoms with Crippen LogP contribution in [-0.2, 0) is 7.05 Å². The zero-order chi connectivity index (χ0) is 19.3. The second kappa shape index (κ2) is 6.28. The van der Waals surface area contributed by atoms with Crippen LogP contribution in [0.5, 0.6) is 0 Å². The largest absolute Gasteiger partial charge is 0.306 e. The number of aromatic nitrogens is 5. The summed E-state index contributed by atoms with van der Waals surface area (Å²) in [5, 5.41) is 10.8. The molecule has 1 amide bonds. The molecule has 5 aromatic rings. The van der Waals surface area contributed by atoms with Gasteiger partial charge >= 0.3 is 0 Å². The highest BCUT2D eigenvalue weighted by Crippen LogP contribution is 2.30. The Kier molecular flexibility index (Phi) is 3.73. The smallest absolute Gasteiger partial charge is 0.261 e. The SMILES string of the molecule is Cc1csc(NC(=O)c2cc(-c3cccc4c3cnn4C)cn3ccnc23)n1. The molecule has 4 heterocycles. The van der Waals surface area contributed by atoms with Gasteiger partial charge in [-0.2, -0.15) is 5.10 Å². The van der Waals surface area contributed by atoms with Gasteiger partial charge in [0.2, 0.25) is 0 Å². The van der Waals surface area contributed by atoms with Crippen LogP contribution in [0.15, 0.2) is 54.4 Å². The van der Waals surface area contributed by atoms with E-state index < -0.39 is 0 Å². The Morgan fingerprint density at radius 1 is 1.29 bits per heavy atom. The van der Waals surface area contributed by atoms with Gasteiger partial charge in [0.1, 0.15) is 5.65 Å². The normalized spacial score (nSPS) is 11.4. The second-order valence-electron chi connectivity index (χ2n) is 6.56. The maximum Gasteiger partial charge on any atom is 0.261 e. The van der Waals surface area contributed by atoms with Crippen molar-refractivity contribution in [3.8, 4) is 11.1 Å². The summed E-state index contributed by atoms with van der Waals surface area (Å²) in [6, 6.07) is 7.93. The Balaban J connectivity index is 1.66. The molecular weight excluding hydrogens is 372 g/mol. The van der Waals surface area contributed by atoms with Crippen molar-refractivity contribution in [3.05, 3.63) is 65.7 Å². The molecule has 0 aliphatic carbocycles. The van der Waals surface area contributed by atoms with Gasteiger partial charge in [-0.15, -0.1) is 11.3 Å². The molecule has 0 bridgehead atoms. The van der Waals surface area contributed by atoms with Crippen molar-refractivity contribution < 1.29 is 4.79 Å². The maximum atomic E-state index is 13.0. The zero-order valence-electron chi connectivity index (χ0n) is 15.2. The zero-order valence-corrected chi connectivity index (χ0v) is 16.1. The summed E-state index contributed by atoms with van der Waals surface area (Å²) in [6.07, 6.45) is 7.36. The molecule has 0 fully saturated rings. The molecule has 7 nitrogen and oxygen atoms in total. The standard InChI is InChI=1S/C20H16N6OS/c1-12-11-28-20(23-12)24-19(27)15-8-13(10-26-7-6-21-18(15)26)14-4-3-5-17-16(14)9-22-25(17)2/h3-11H,1-2H3,(H,23,24,27). The number of hydrogen-bond donors (Lipinski definition) is 1. The average Bonchev–Trinajstić information content (AvgIpc) is 3.41. The number of anilines is 1. The molecule has 0 aliphatic heterocycles. The van der Waals surface area contributed by atoms with Crippen LogP contribution in [-0.4, -0.2) is 30.1 Å². The van der Waals surface area contributed by atoms with Crippen LogP contribution in [0.1, 0.15) is 16.1 Å². The molecular formula is C20H16N6OS. The molecule has 0 aliphatic rings. The molecule has 1 aromatic carbocycles. The number of aryl methyl sites for hydroxylation is 2. The molecule has 0 saturated heterocycles. The van der Waals surface area contributed by atoms with Crippen molar-refractivity contribution in [2.75, 3.05) is 5.32 Å². The Labute approximate surface area is 164 Å². The Bertz CT molecular complexity index is 1350. The van der Waals surface area contributed by atoms with E-state index >= 15 is 0 Å². The Morgan fingerprint density at radius 2 is 2.18 bits per heavy atom. The molecule has 8 heteroatoms. The lowest BCUT2D eigenvalue weighted by atomic mass is 10.0. The summed E-state index contributed by atoms with van der Waals surface area (Å²) < 4.78 is 3.71. The number of amides is 1. The Hall–Kier alpha value is -3.52. The third-order valence-corrected chi connectivity index (χ3v) is 5.55. The molecule has 0 spiro atoms. The van der Waals surface area contributed by atoms with E-state index in [1.165, 1.54) is 11.3 Å². The van der Waals surface area contributed by atoms with Crippen molar-refractivity contribution in [1.82, 2.24) is 24.1 Å². The number of fused-ring (bicyclic) bond motifs is 2. The van der Waals surface area contributed by atoms with E-state index in [4.69, 9.17) is 0 Å². The second-order valence-corrected chi connectivity index (χ2v) is 7.41. The van der Waals surface area contributed by atoms with Crippen LogP contribution in [0.2, 0.25) is 0 Å². The van der Waals surface area contributed by atoms with Crippen LogP contribution in [0.4, 0.5) is 5.13 Å². The number of imidazole rings is 1. The number of carbonyl (C=O) groups excluding carboxylic acids is 1. The predicted octanol–water partition coefficient (Wildman–Crippen LogP) is 3.91. The topological polar surface area (TPSA) is 77.1 Å². The number of hydrogen-bond acceptors (Lipinski definition) is 5. The van der Waals surface area contributed by atoms with E-state index in [2.05, 4.69) is 20.4 Å². The summed E-state index contributed by atoms with van der Waals surface area (Å²) >= 11 is 1.40. The van der Waals surface area contributed by atoms with Gasteiger partial charge < -0.3 is 4.40 Å². The minimum Gasteiger partial charge on any atom is -0.306 e. The van der Waals surface area contributed by atoms with Crippen molar-refractivity contribution in [3.63, 3.8) is 0 Å². The number of thiazole rings is 1. The number of nitrogens with zero attached hydrogens (tertiary/aromatic N) is 5. The van der Waals surface area contributed by atoms with E-state index in [-0.39, 0.29) is 5.91 Å². The lowest BCUT2D eigenvalue weighted by Gasteiger charge is -2.09. The van der Waals surface area contributed by atoms with Gasteiger partial charge in [0.25, 0.3) is 5.91 Å². The first kappa shape index (κ1) is 16.6. The van der Waals surface area contributed by atoms with Gasteiger partial charge in [-0.3, -0.25) is 14.8 Å². The molecule has 0 unspecified atom stereocenters. The van der Waals surface area contributed by atoms with Crippen LogP contribution in [0.25, 0.3) is 27.7 Å². The van der Waals surface area contributed by atoms with Crippen LogP contribution < -0.4 is 5.32 Å².